The normalized spacial score (nSPS) is 12.6. The number of thiocarbonyl (C=S) groups is 1. The summed E-state index contributed by atoms with van der Waals surface area (Å²) in [6, 6.07) is 2.36. The zero-order chi connectivity index (χ0) is 15.7. The fourth-order valence-electron chi connectivity index (χ4n) is 1.29. The van der Waals surface area contributed by atoms with Crippen molar-refractivity contribution in [2.75, 3.05) is 0 Å². The fourth-order valence-corrected chi connectivity index (χ4v) is 1.49. The summed E-state index contributed by atoms with van der Waals surface area (Å²) in [6.45, 7) is 0. The molecule has 0 heterocycles. The molecule has 0 unspecified atom stereocenters. The van der Waals surface area contributed by atoms with Gasteiger partial charge >= 0.3 is 12.4 Å². The second-order valence-electron chi connectivity index (χ2n) is 3.56. The molecule has 0 aliphatic rings. The van der Waals surface area contributed by atoms with Crippen molar-refractivity contribution in [2.45, 2.75) is 18.5 Å². The van der Waals surface area contributed by atoms with Gasteiger partial charge in [0.25, 0.3) is 6.10 Å². The van der Waals surface area contributed by atoms with Crippen molar-refractivity contribution in [3.63, 3.8) is 0 Å². The second-order valence-corrected chi connectivity index (χ2v) is 4.00. The molecule has 0 amide bonds. The summed E-state index contributed by atoms with van der Waals surface area (Å²) >= 11 is 4.37. The number of alkyl halides is 6. The van der Waals surface area contributed by atoms with Crippen molar-refractivity contribution in [1.29, 1.82) is 0 Å². The van der Waals surface area contributed by atoms with E-state index >= 15 is 0 Å². The standard InChI is InChI=1S/C10H6F7NOS/c11-4-2-1-3-5(6(4)7(18)20)19-8(9(12,13)14)10(15,16)17/h1-3,8H,(H2,18,20). The van der Waals surface area contributed by atoms with Crippen molar-refractivity contribution >= 4 is 17.2 Å². The van der Waals surface area contributed by atoms with Gasteiger partial charge in [-0.1, -0.05) is 18.3 Å². The first kappa shape index (κ1) is 16.5. The molecule has 0 aromatic heterocycles. The molecule has 20 heavy (non-hydrogen) atoms. The van der Waals surface area contributed by atoms with E-state index in [0.717, 1.165) is 12.1 Å². The quantitative estimate of drug-likeness (QED) is 0.685. The fraction of sp³-hybridized carbons (Fsp3) is 0.300. The molecule has 0 spiro atoms. The molecule has 1 aromatic carbocycles. The van der Waals surface area contributed by atoms with Gasteiger partial charge in [-0.05, 0) is 12.1 Å². The van der Waals surface area contributed by atoms with Gasteiger partial charge in [0, 0.05) is 0 Å². The summed E-state index contributed by atoms with van der Waals surface area (Å²) in [5, 5.41) is 0. The van der Waals surface area contributed by atoms with Crippen molar-refractivity contribution < 1.29 is 35.5 Å². The Balaban J connectivity index is 3.26. The van der Waals surface area contributed by atoms with Crippen LogP contribution in [0.1, 0.15) is 5.56 Å². The largest absolute Gasteiger partial charge is 0.470 e. The van der Waals surface area contributed by atoms with Crippen LogP contribution in [-0.4, -0.2) is 23.4 Å². The molecule has 0 saturated carbocycles. The number of benzene rings is 1. The Morgan fingerprint density at radius 2 is 1.60 bits per heavy atom. The molecule has 10 heteroatoms. The van der Waals surface area contributed by atoms with E-state index in [0.29, 0.717) is 6.07 Å². The first-order valence-corrected chi connectivity index (χ1v) is 5.24. The van der Waals surface area contributed by atoms with Crippen LogP contribution in [0.4, 0.5) is 30.7 Å². The zero-order valence-corrected chi connectivity index (χ0v) is 10.2. The summed E-state index contributed by atoms with van der Waals surface area (Å²) in [5.74, 6) is -2.21. The maximum Gasteiger partial charge on any atom is 0.434 e. The molecule has 0 saturated heterocycles. The average Bonchev–Trinajstić information content (AvgIpc) is 2.22. The SMILES string of the molecule is NC(=S)c1c(F)cccc1OC(C(F)(F)F)C(F)(F)F. The van der Waals surface area contributed by atoms with Gasteiger partial charge in [0.05, 0.1) is 5.56 Å². The highest BCUT2D eigenvalue weighted by atomic mass is 32.1. The van der Waals surface area contributed by atoms with Gasteiger partial charge < -0.3 is 10.5 Å². The number of nitrogens with two attached hydrogens (primary N) is 1. The number of hydrogen-bond acceptors (Lipinski definition) is 2. The molecular formula is C10H6F7NOS. The van der Waals surface area contributed by atoms with Crippen LogP contribution in [-0.2, 0) is 0 Å². The molecule has 0 fully saturated rings. The van der Waals surface area contributed by atoms with E-state index in [4.69, 9.17) is 5.73 Å². The van der Waals surface area contributed by atoms with E-state index in [-0.39, 0.29) is 0 Å². The minimum atomic E-state index is -5.72. The molecule has 1 aromatic rings. The van der Waals surface area contributed by atoms with Crippen molar-refractivity contribution in [3.05, 3.63) is 29.6 Å². The minimum Gasteiger partial charge on any atom is -0.470 e. The third-order valence-electron chi connectivity index (χ3n) is 2.06. The van der Waals surface area contributed by atoms with Crippen LogP contribution < -0.4 is 10.5 Å². The summed E-state index contributed by atoms with van der Waals surface area (Å²) in [6.07, 6.45) is -15.6. The summed E-state index contributed by atoms with van der Waals surface area (Å²) < 4.78 is 91.2. The van der Waals surface area contributed by atoms with Crippen LogP contribution in [0.5, 0.6) is 5.75 Å². The lowest BCUT2D eigenvalue weighted by molar-refractivity contribution is -0.299. The lowest BCUT2D eigenvalue weighted by Gasteiger charge is -2.24. The topological polar surface area (TPSA) is 35.2 Å². The van der Waals surface area contributed by atoms with E-state index < -0.39 is 40.6 Å². The van der Waals surface area contributed by atoms with Crippen LogP contribution in [0.2, 0.25) is 0 Å². The Hall–Kier alpha value is -1.58. The Kier molecular flexibility index (Phi) is 4.47. The Morgan fingerprint density at radius 3 is 2.00 bits per heavy atom. The van der Waals surface area contributed by atoms with E-state index in [9.17, 15) is 30.7 Å². The molecule has 2 N–H and O–H groups in total. The zero-order valence-electron chi connectivity index (χ0n) is 9.35. The maximum atomic E-state index is 13.3. The summed E-state index contributed by atoms with van der Waals surface area (Å²) in [4.78, 5) is -0.721. The van der Waals surface area contributed by atoms with Gasteiger partial charge in [0.1, 0.15) is 16.6 Å². The van der Waals surface area contributed by atoms with Crippen LogP contribution in [0, 0.1) is 5.82 Å². The molecule has 0 bridgehead atoms. The van der Waals surface area contributed by atoms with E-state index in [1.165, 1.54) is 0 Å². The van der Waals surface area contributed by atoms with Gasteiger partial charge in [0.15, 0.2) is 0 Å². The maximum absolute atomic E-state index is 13.3. The van der Waals surface area contributed by atoms with E-state index in [1.807, 2.05) is 0 Å². The van der Waals surface area contributed by atoms with Gasteiger partial charge in [-0.2, -0.15) is 26.3 Å². The second kappa shape index (κ2) is 5.43. The number of halogens is 7. The van der Waals surface area contributed by atoms with Gasteiger partial charge in [-0.25, -0.2) is 4.39 Å². The molecule has 1 rings (SSSR count). The summed E-state index contributed by atoms with van der Waals surface area (Å²) in [7, 11) is 0. The van der Waals surface area contributed by atoms with Crippen LogP contribution in [0.25, 0.3) is 0 Å². The Bertz CT molecular complexity index is 497. The first-order valence-electron chi connectivity index (χ1n) is 4.83. The predicted octanol–water partition coefficient (Wildman–Crippen LogP) is 3.33. The monoisotopic (exact) mass is 321 g/mol. The van der Waals surface area contributed by atoms with Gasteiger partial charge in [0.2, 0.25) is 0 Å². The molecule has 0 aliphatic carbocycles. The third-order valence-corrected chi connectivity index (χ3v) is 2.27. The van der Waals surface area contributed by atoms with E-state index in [1.54, 1.807) is 0 Å². The highest BCUT2D eigenvalue weighted by Gasteiger charge is 2.59. The first-order chi connectivity index (χ1) is 8.94. The molecule has 112 valence electrons. The van der Waals surface area contributed by atoms with Crippen molar-refractivity contribution in [1.82, 2.24) is 0 Å². The highest BCUT2D eigenvalue weighted by molar-refractivity contribution is 7.80. The molecule has 2 nitrogen and oxygen atoms in total. The summed E-state index contributed by atoms with van der Waals surface area (Å²) in [5.41, 5.74) is 4.24. The number of rotatable bonds is 3. The minimum absolute atomic E-state index is 0.710. The average molecular weight is 321 g/mol. The van der Waals surface area contributed by atoms with Crippen LogP contribution >= 0.6 is 12.2 Å². The third kappa shape index (κ3) is 3.71. The molecule has 0 aliphatic heterocycles. The highest BCUT2D eigenvalue weighted by Crippen LogP contribution is 2.37. The predicted molar refractivity (Wildman–Crippen MR) is 58.8 cm³/mol. The lowest BCUT2D eigenvalue weighted by atomic mass is 10.2. The van der Waals surface area contributed by atoms with Crippen LogP contribution in [0.15, 0.2) is 18.2 Å². The van der Waals surface area contributed by atoms with Crippen molar-refractivity contribution in [2.24, 2.45) is 5.73 Å². The lowest BCUT2D eigenvalue weighted by Crippen LogP contribution is -2.46. The van der Waals surface area contributed by atoms with Gasteiger partial charge in [-0.15, -0.1) is 0 Å². The molecular weight excluding hydrogens is 315 g/mol. The number of hydrogen-bond donors (Lipinski definition) is 1. The molecule has 0 radical (unpaired) electrons. The Labute approximate surface area is 113 Å². The van der Waals surface area contributed by atoms with E-state index in [2.05, 4.69) is 17.0 Å². The molecule has 0 atom stereocenters. The smallest absolute Gasteiger partial charge is 0.434 e. The van der Waals surface area contributed by atoms with Gasteiger partial charge in [-0.3, -0.25) is 0 Å². The number of ether oxygens (including phenoxy) is 1. The van der Waals surface area contributed by atoms with Crippen LogP contribution in [0.3, 0.4) is 0 Å². The Morgan fingerprint density at radius 1 is 1.10 bits per heavy atom. The van der Waals surface area contributed by atoms with Crippen molar-refractivity contribution in [3.8, 4) is 5.75 Å².